The average Bonchev–Trinajstić information content (AvgIpc) is 2.92. The van der Waals surface area contributed by atoms with Crippen LogP contribution in [-0.4, -0.2) is 54.3 Å². The fraction of sp³-hybridized carbons (Fsp3) is 0.312. The van der Waals surface area contributed by atoms with Crippen LogP contribution in [0.5, 0.6) is 11.5 Å². The smallest absolute Gasteiger partial charge is 0.328 e. The molecule has 1 unspecified atom stereocenters. The highest BCUT2D eigenvalue weighted by atomic mass is 32.2. The highest BCUT2D eigenvalue weighted by Crippen LogP contribution is 2.39. The average molecular weight is 396 g/mol. The van der Waals surface area contributed by atoms with Crippen LogP contribution in [0.4, 0.5) is 10.5 Å². The largest absolute Gasteiger partial charge is 0.493 e. The van der Waals surface area contributed by atoms with Gasteiger partial charge in [0.2, 0.25) is 0 Å². The van der Waals surface area contributed by atoms with E-state index in [9.17, 15) is 24.5 Å². The number of hydrogen-bond acceptors (Lipinski definition) is 9. The van der Waals surface area contributed by atoms with Crippen molar-refractivity contribution in [3.8, 4) is 11.5 Å². The monoisotopic (exact) mass is 396 g/mol. The minimum atomic E-state index is -1.12. The number of benzene rings is 1. The summed E-state index contributed by atoms with van der Waals surface area (Å²) in [4.78, 5) is 47.7. The third kappa shape index (κ3) is 3.87. The Balaban J connectivity index is 2.50. The van der Waals surface area contributed by atoms with Crippen molar-refractivity contribution in [2.45, 2.75) is 13.0 Å². The maximum atomic E-state index is 12.5. The first-order chi connectivity index (χ1) is 12.7. The van der Waals surface area contributed by atoms with Gasteiger partial charge in [0.1, 0.15) is 6.04 Å². The molecule has 0 aliphatic carbocycles. The van der Waals surface area contributed by atoms with Crippen LogP contribution in [0.1, 0.15) is 12.5 Å². The molecular formula is C16H16N2O8S. The lowest BCUT2D eigenvalue weighted by molar-refractivity contribution is -0.385. The molecule has 1 aromatic rings. The summed E-state index contributed by atoms with van der Waals surface area (Å²) in [5.74, 6) is -1.13. The van der Waals surface area contributed by atoms with Crippen molar-refractivity contribution in [3.05, 3.63) is 32.7 Å². The first-order valence-corrected chi connectivity index (χ1v) is 8.32. The van der Waals surface area contributed by atoms with Crippen molar-refractivity contribution in [1.29, 1.82) is 0 Å². The maximum Gasteiger partial charge on any atom is 0.328 e. The Morgan fingerprint density at radius 2 is 1.81 bits per heavy atom. The molecule has 27 heavy (non-hydrogen) atoms. The SMILES string of the molecule is COC(=O)C(C)N1C(=O)SC(=Cc2cc(OC)c(OC)cc2[N+](=O)[O-])C1=O. The second-order valence-electron chi connectivity index (χ2n) is 5.27. The molecule has 1 heterocycles. The van der Waals surface area contributed by atoms with Gasteiger partial charge in [-0.1, -0.05) is 0 Å². The van der Waals surface area contributed by atoms with E-state index in [1.165, 1.54) is 33.3 Å². The number of carbonyl (C=O) groups excluding carboxylic acids is 3. The Hall–Kier alpha value is -3.08. The molecule has 144 valence electrons. The minimum absolute atomic E-state index is 0.0499. The fourth-order valence-electron chi connectivity index (χ4n) is 2.39. The van der Waals surface area contributed by atoms with Gasteiger partial charge in [-0.25, -0.2) is 4.79 Å². The quantitative estimate of drug-likeness (QED) is 0.308. The van der Waals surface area contributed by atoms with Gasteiger partial charge in [-0.2, -0.15) is 0 Å². The van der Waals surface area contributed by atoms with Crippen LogP contribution in [0.3, 0.4) is 0 Å². The van der Waals surface area contributed by atoms with E-state index in [0.717, 1.165) is 18.1 Å². The Morgan fingerprint density at radius 1 is 1.22 bits per heavy atom. The molecule has 11 heteroatoms. The van der Waals surface area contributed by atoms with Crippen molar-refractivity contribution in [2.75, 3.05) is 21.3 Å². The normalized spacial score (nSPS) is 16.4. The van der Waals surface area contributed by atoms with Gasteiger partial charge < -0.3 is 14.2 Å². The topological polar surface area (TPSA) is 125 Å². The van der Waals surface area contributed by atoms with Crippen molar-refractivity contribution in [3.63, 3.8) is 0 Å². The van der Waals surface area contributed by atoms with Gasteiger partial charge in [-0.15, -0.1) is 0 Å². The predicted molar refractivity (Wildman–Crippen MR) is 95.5 cm³/mol. The zero-order chi connectivity index (χ0) is 20.3. The summed E-state index contributed by atoms with van der Waals surface area (Å²) < 4.78 is 14.7. The lowest BCUT2D eigenvalue weighted by atomic mass is 10.1. The molecule has 0 radical (unpaired) electrons. The third-order valence-electron chi connectivity index (χ3n) is 3.77. The van der Waals surface area contributed by atoms with E-state index in [4.69, 9.17) is 9.47 Å². The highest BCUT2D eigenvalue weighted by molar-refractivity contribution is 8.18. The molecule has 0 aromatic heterocycles. The molecule has 2 amide bonds. The van der Waals surface area contributed by atoms with Crippen molar-refractivity contribution in [2.24, 2.45) is 0 Å². The zero-order valence-electron chi connectivity index (χ0n) is 14.9. The van der Waals surface area contributed by atoms with Gasteiger partial charge in [0, 0.05) is 0 Å². The standard InChI is InChI=1S/C16H16N2O8S/c1-8(15(20)26-4)17-14(19)13(27-16(17)21)6-9-5-11(24-2)12(25-3)7-10(9)18(22)23/h5-8H,1-4H3. The number of thioether (sulfide) groups is 1. The van der Waals surface area contributed by atoms with E-state index < -0.39 is 28.1 Å². The fourth-order valence-corrected chi connectivity index (χ4v) is 3.29. The first-order valence-electron chi connectivity index (χ1n) is 7.50. The summed E-state index contributed by atoms with van der Waals surface area (Å²) in [5, 5.41) is 10.7. The Kier molecular flexibility index (Phi) is 6.05. The number of carbonyl (C=O) groups is 3. The minimum Gasteiger partial charge on any atom is -0.493 e. The zero-order valence-corrected chi connectivity index (χ0v) is 15.7. The molecule has 1 fully saturated rings. The molecule has 1 aliphatic rings. The number of amides is 2. The lowest BCUT2D eigenvalue weighted by Gasteiger charge is -2.18. The van der Waals surface area contributed by atoms with Crippen LogP contribution in [0.25, 0.3) is 6.08 Å². The number of esters is 1. The number of rotatable bonds is 6. The van der Waals surface area contributed by atoms with Gasteiger partial charge in [0.15, 0.2) is 11.5 Å². The van der Waals surface area contributed by atoms with Gasteiger partial charge in [-0.05, 0) is 30.8 Å². The molecule has 0 spiro atoms. The number of imide groups is 1. The van der Waals surface area contributed by atoms with Crippen LogP contribution >= 0.6 is 11.8 Å². The molecule has 1 saturated heterocycles. The number of ether oxygens (including phenoxy) is 3. The number of hydrogen-bond donors (Lipinski definition) is 0. The summed E-state index contributed by atoms with van der Waals surface area (Å²) in [6, 6.07) is 1.37. The summed E-state index contributed by atoms with van der Waals surface area (Å²) in [6.45, 7) is 1.35. The van der Waals surface area contributed by atoms with Crippen LogP contribution in [0.2, 0.25) is 0 Å². The van der Waals surface area contributed by atoms with E-state index in [0.29, 0.717) is 11.8 Å². The molecule has 1 aliphatic heterocycles. The molecule has 0 N–H and O–H groups in total. The Bertz CT molecular complexity index is 851. The van der Waals surface area contributed by atoms with Crippen LogP contribution in [0.15, 0.2) is 17.0 Å². The van der Waals surface area contributed by atoms with Crippen molar-refractivity contribution >= 4 is 40.6 Å². The van der Waals surface area contributed by atoms with Gasteiger partial charge in [0.25, 0.3) is 16.8 Å². The molecule has 10 nitrogen and oxygen atoms in total. The number of nitro benzene ring substituents is 1. The predicted octanol–water partition coefficient (Wildman–Crippen LogP) is 2.21. The van der Waals surface area contributed by atoms with Crippen LogP contribution in [0, 0.1) is 10.1 Å². The van der Waals surface area contributed by atoms with E-state index in [-0.39, 0.29) is 27.7 Å². The van der Waals surface area contributed by atoms with E-state index in [1.54, 1.807) is 0 Å². The van der Waals surface area contributed by atoms with Gasteiger partial charge in [0.05, 0.1) is 42.8 Å². The van der Waals surface area contributed by atoms with E-state index in [2.05, 4.69) is 4.74 Å². The first kappa shape index (κ1) is 20.2. The van der Waals surface area contributed by atoms with Crippen LogP contribution < -0.4 is 9.47 Å². The highest BCUT2D eigenvalue weighted by Gasteiger charge is 2.41. The second-order valence-corrected chi connectivity index (χ2v) is 6.27. The van der Waals surface area contributed by atoms with Crippen LogP contribution in [-0.2, 0) is 14.3 Å². The van der Waals surface area contributed by atoms with Gasteiger partial charge in [-0.3, -0.25) is 24.6 Å². The second kappa shape index (κ2) is 8.08. The maximum absolute atomic E-state index is 12.5. The van der Waals surface area contributed by atoms with Crippen molar-refractivity contribution in [1.82, 2.24) is 4.90 Å². The molecular weight excluding hydrogens is 380 g/mol. The summed E-state index contributed by atoms with van der Waals surface area (Å²) in [7, 11) is 3.83. The molecule has 1 atom stereocenters. The number of nitrogens with zero attached hydrogens (tertiary/aromatic N) is 2. The molecule has 0 saturated carbocycles. The lowest BCUT2D eigenvalue weighted by Crippen LogP contribution is -2.42. The Labute approximate surface area is 158 Å². The summed E-state index contributed by atoms with van der Waals surface area (Å²) in [5.41, 5.74) is -0.283. The van der Waals surface area contributed by atoms with Crippen molar-refractivity contribution < 1.29 is 33.5 Å². The van der Waals surface area contributed by atoms with E-state index >= 15 is 0 Å². The Morgan fingerprint density at radius 3 is 2.33 bits per heavy atom. The molecule has 0 bridgehead atoms. The summed E-state index contributed by atoms with van der Waals surface area (Å²) >= 11 is 0.573. The third-order valence-corrected chi connectivity index (χ3v) is 4.65. The number of methoxy groups -OCH3 is 3. The molecule has 1 aromatic carbocycles. The number of nitro groups is 1. The van der Waals surface area contributed by atoms with Gasteiger partial charge >= 0.3 is 5.97 Å². The molecule has 2 rings (SSSR count). The van der Waals surface area contributed by atoms with E-state index in [1.807, 2.05) is 0 Å². The summed E-state index contributed by atoms with van der Waals surface area (Å²) in [6.07, 6.45) is 1.20.